The van der Waals surface area contributed by atoms with Crippen molar-refractivity contribution in [1.29, 1.82) is 0 Å². The van der Waals surface area contributed by atoms with Gasteiger partial charge in [-0.2, -0.15) is 8.78 Å². The van der Waals surface area contributed by atoms with E-state index in [1.54, 1.807) is 0 Å². The number of anilines is 1. The van der Waals surface area contributed by atoms with Crippen LogP contribution in [-0.4, -0.2) is 50.5 Å². The van der Waals surface area contributed by atoms with Crippen LogP contribution in [0.2, 0.25) is 0 Å². The van der Waals surface area contributed by atoms with Gasteiger partial charge < -0.3 is 10.6 Å². The lowest BCUT2D eigenvalue weighted by Crippen LogP contribution is -2.43. The molecular formula is C22H25F2N3O4S. The number of likely N-dealkylation sites (tertiary alicyclic amines) is 1. The van der Waals surface area contributed by atoms with Gasteiger partial charge in [0.1, 0.15) is 0 Å². The van der Waals surface area contributed by atoms with Crippen LogP contribution < -0.4 is 10.6 Å². The van der Waals surface area contributed by atoms with Crippen LogP contribution in [0, 0.1) is 5.92 Å². The number of sulfone groups is 1. The Balaban J connectivity index is 1.49. The molecule has 0 unspecified atom stereocenters. The Bertz CT molecular complexity index is 1040. The summed E-state index contributed by atoms with van der Waals surface area (Å²) in [5, 5.41) is 5.35. The quantitative estimate of drug-likeness (QED) is 0.625. The van der Waals surface area contributed by atoms with Gasteiger partial charge in [0.15, 0.2) is 0 Å². The molecule has 3 rings (SSSR count). The Labute approximate surface area is 185 Å². The molecule has 0 atom stereocenters. The fourth-order valence-corrected chi connectivity index (χ4v) is 4.48. The number of benzene rings is 2. The average molecular weight is 466 g/mol. The molecule has 32 heavy (non-hydrogen) atoms. The molecule has 1 aliphatic rings. The Morgan fingerprint density at radius 2 is 1.62 bits per heavy atom. The van der Waals surface area contributed by atoms with Crippen molar-refractivity contribution >= 4 is 27.3 Å². The molecule has 1 heterocycles. The lowest BCUT2D eigenvalue weighted by Gasteiger charge is -2.30. The second-order valence-electron chi connectivity index (χ2n) is 7.60. The molecule has 0 saturated carbocycles. The highest BCUT2D eigenvalue weighted by atomic mass is 32.2. The van der Waals surface area contributed by atoms with Gasteiger partial charge in [-0.15, -0.1) is 0 Å². The van der Waals surface area contributed by atoms with E-state index in [9.17, 15) is 26.8 Å². The Morgan fingerprint density at radius 1 is 1.00 bits per heavy atom. The van der Waals surface area contributed by atoms with E-state index < -0.39 is 26.4 Å². The van der Waals surface area contributed by atoms with Gasteiger partial charge in [0.25, 0.3) is 0 Å². The summed E-state index contributed by atoms with van der Waals surface area (Å²) in [6.45, 7) is 1.48. The van der Waals surface area contributed by atoms with Crippen LogP contribution in [0.1, 0.15) is 18.4 Å². The van der Waals surface area contributed by atoms with Crippen molar-refractivity contribution in [2.45, 2.75) is 30.0 Å². The summed E-state index contributed by atoms with van der Waals surface area (Å²) in [5.74, 6) is -4.25. The minimum absolute atomic E-state index is 0.0240. The predicted molar refractivity (Wildman–Crippen MR) is 116 cm³/mol. The van der Waals surface area contributed by atoms with Gasteiger partial charge in [0, 0.05) is 12.5 Å². The number of piperidine rings is 1. The van der Waals surface area contributed by atoms with Gasteiger partial charge in [0.05, 0.1) is 17.1 Å². The number of amides is 2. The maximum atomic E-state index is 12.9. The summed E-state index contributed by atoms with van der Waals surface area (Å²) in [4.78, 5) is 26.0. The first kappa shape index (κ1) is 23.8. The largest absolute Gasteiger partial charge is 0.352 e. The molecule has 2 aromatic rings. The maximum absolute atomic E-state index is 12.9. The minimum atomic E-state index is -4.83. The summed E-state index contributed by atoms with van der Waals surface area (Å²) in [6, 6.07) is 14.7. The summed E-state index contributed by atoms with van der Waals surface area (Å²) >= 11 is 0. The summed E-state index contributed by atoms with van der Waals surface area (Å²) < 4.78 is 49.4. The van der Waals surface area contributed by atoms with Crippen molar-refractivity contribution < 1.29 is 26.8 Å². The molecule has 0 aliphatic carbocycles. The van der Waals surface area contributed by atoms with Gasteiger partial charge in [0.2, 0.25) is 21.7 Å². The zero-order chi connectivity index (χ0) is 23.1. The smallest absolute Gasteiger partial charge is 0.341 e. The first-order valence-corrected chi connectivity index (χ1v) is 11.8. The molecule has 0 spiro atoms. The highest BCUT2D eigenvalue weighted by molar-refractivity contribution is 7.91. The number of para-hydroxylation sites is 1. The lowest BCUT2D eigenvalue weighted by molar-refractivity contribution is -0.126. The molecule has 7 nitrogen and oxygen atoms in total. The van der Waals surface area contributed by atoms with E-state index in [0.29, 0.717) is 32.5 Å². The first-order chi connectivity index (χ1) is 15.3. The molecule has 10 heteroatoms. The summed E-state index contributed by atoms with van der Waals surface area (Å²) in [5.41, 5.74) is 0.845. The van der Waals surface area contributed by atoms with Crippen molar-refractivity contribution in [2.75, 3.05) is 25.0 Å². The molecule has 2 N–H and O–H groups in total. The van der Waals surface area contributed by atoms with E-state index in [2.05, 4.69) is 10.6 Å². The standard InChI is InChI=1S/C22H25F2N3O4S/c23-22(24)32(30,31)19-9-5-4-8-18(19)26-20(28)15-27-12-10-17(11-13-27)21(29)25-14-16-6-2-1-3-7-16/h1-9,17,22H,10-15H2,(H,25,29)(H,26,28). The van der Waals surface area contributed by atoms with Crippen molar-refractivity contribution in [2.24, 2.45) is 5.92 Å². The first-order valence-electron chi connectivity index (χ1n) is 10.2. The Hall–Kier alpha value is -2.85. The number of nitrogens with zero attached hydrogens (tertiary/aromatic N) is 1. The van der Waals surface area contributed by atoms with Crippen LogP contribution in [0.15, 0.2) is 59.5 Å². The molecule has 0 aromatic heterocycles. The predicted octanol–water partition coefficient (Wildman–Crippen LogP) is 2.65. The molecule has 1 fully saturated rings. The van der Waals surface area contributed by atoms with Crippen LogP contribution in [0.3, 0.4) is 0 Å². The highest BCUT2D eigenvalue weighted by Gasteiger charge is 2.30. The minimum Gasteiger partial charge on any atom is -0.352 e. The number of nitrogens with one attached hydrogen (secondary N) is 2. The van der Waals surface area contributed by atoms with Gasteiger partial charge in [-0.1, -0.05) is 42.5 Å². The molecule has 2 aromatic carbocycles. The normalized spacial score (nSPS) is 15.5. The zero-order valence-corrected chi connectivity index (χ0v) is 18.2. The van der Waals surface area contributed by atoms with E-state index in [4.69, 9.17) is 0 Å². The van der Waals surface area contributed by atoms with Crippen molar-refractivity contribution in [3.8, 4) is 0 Å². The molecule has 0 radical (unpaired) electrons. The summed E-state index contributed by atoms with van der Waals surface area (Å²) in [7, 11) is -4.83. The van der Waals surface area contributed by atoms with Gasteiger partial charge in [-0.05, 0) is 43.6 Å². The van der Waals surface area contributed by atoms with Crippen LogP contribution in [0.25, 0.3) is 0 Å². The van der Waals surface area contributed by atoms with Crippen LogP contribution >= 0.6 is 0 Å². The van der Waals surface area contributed by atoms with Gasteiger partial charge in [-0.25, -0.2) is 8.42 Å². The number of rotatable bonds is 8. The molecule has 1 aliphatic heterocycles. The van der Waals surface area contributed by atoms with Gasteiger partial charge >= 0.3 is 5.76 Å². The topological polar surface area (TPSA) is 95.6 Å². The van der Waals surface area contributed by atoms with Gasteiger partial charge in [-0.3, -0.25) is 14.5 Å². The third-order valence-electron chi connectivity index (χ3n) is 5.34. The van der Waals surface area contributed by atoms with E-state index in [1.807, 2.05) is 35.2 Å². The lowest BCUT2D eigenvalue weighted by atomic mass is 9.96. The van der Waals surface area contributed by atoms with Crippen molar-refractivity contribution in [3.63, 3.8) is 0 Å². The molecule has 0 bridgehead atoms. The number of hydrogen-bond donors (Lipinski definition) is 2. The summed E-state index contributed by atoms with van der Waals surface area (Å²) in [6.07, 6.45) is 1.18. The molecule has 1 saturated heterocycles. The van der Waals surface area contributed by atoms with Crippen molar-refractivity contribution in [3.05, 3.63) is 60.2 Å². The van der Waals surface area contributed by atoms with Crippen LogP contribution in [0.4, 0.5) is 14.5 Å². The van der Waals surface area contributed by atoms with Crippen LogP contribution in [-0.2, 0) is 26.0 Å². The number of hydrogen-bond acceptors (Lipinski definition) is 5. The fraction of sp³-hybridized carbons (Fsp3) is 0.364. The number of carbonyl (C=O) groups is 2. The number of alkyl halides is 2. The second kappa shape index (κ2) is 10.6. The van der Waals surface area contributed by atoms with E-state index in [0.717, 1.165) is 11.6 Å². The zero-order valence-electron chi connectivity index (χ0n) is 17.3. The monoisotopic (exact) mass is 465 g/mol. The third-order valence-corrected chi connectivity index (χ3v) is 6.78. The maximum Gasteiger partial charge on any atom is 0.341 e. The Kier molecular flexibility index (Phi) is 7.92. The number of carbonyl (C=O) groups excluding carboxylic acids is 2. The highest BCUT2D eigenvalue weighted by Crippen LogP contribution is 2.26. The number of halogens is 2. The average Bonchev–Trinajstić information content (AvgIpc) is 2.78. The van der Waals surface area contributed by atoms with E-state index in [-0.39, 0.29) is 24.1 Å². The Morgan fingerprint density at radius 3 is 2.28 bits per heavy atom. The second-order valence-corrected chi connectivity index (χ2v) is 9.49. The van der Waals surface area contributed by atoms with E-state index in [1.165, 1.54) is 18.2 Å². The molecule has 172 valence electrons. The molecular weight excluding hydrogens is 440 g/mol. The molecule has 2 amide bonds. The SMILES string of the molecule is O=C(CN1CCC(C(=O)NCc2ccccc2)CC1)Nc1ccccc1S(=O)(=O)C(F)F. The third kappa shape index (κ3) is 6.10. The van der Waals surface area contributed by atoms with Crippen molar-refractivity contribution in [1.82, 2.24) is 10.2 Å². The fourth-order valence-electron chi connectivity index (χ4n) is 3.59. The van der Waals surface area contributed by atoms with Crippen LogP contribution in [0.5, 0.6) is 0 Å². The van der Waals surface area contributed by atoms with E-state index >= 15 is 0 Å².